The number of carbonyl (C=O) groups excluding carboxylic acids is 2. The van der Waals surface area contributed by atoms with Gasteiger partial charge in [0.05, 0.1) is 41.8 Å². The van der Waals surface area contributed by atoms with Crippen LogP contribution < -0.4 is 10.6 Å². The average Bonchev–Trinajstić information content (AvgIpc) is 3.39. The van der Waals surface area contributed by atoms with Gasteiger partial charge in [-0.15, -0.1) is 0 Å². The van der Waals surface area contributed by atoms with Crippen molar-refractivity contribution in [1.82, 2.24) is 15.5 Å². The summed E-state index contributed by atoms with van der Waals surface area (Å²) in [7, 11) is -4.15. The number of ether oxygens (including phenoxy) is 2. The number of nitrogens with zero attached hydrogens (tertiary/aromatic N) is 2. The Bertz CT molecular complexity index is 1460. The molecule has 1 aliphatic heterocycles. The zero-order chi connectivity index (χ0) is 32.7. The number of benzene rings is 2. The number of halogens is 5. The Balaban J connectivity index is 1.35. The third-order valence-corrected chi connectivity index (χ3v) is 8.40. The van der Waals surface area contributed by atoms with E-state index in [2.05, 4.69) is 15.6 Å². The molecule has 2 aromatic rings. The van der Waals surface area contributed by atoms with Crippen molar-refractivity contribution in [3.8, 4) is 0 Å². The number of sulfone groups is 1. The van der Waals surface area contributed by atoms with Crippen molar-refractivity contribution in [2.45, 2.75) is 44.0 Å². The molecule has 16 heteroatoms. The van der Waals surface area contributed by atoms with Crippen LogP contribution in [-0.4, -0.2) is 81.9 Å². The monoisotopic (exact) mass is 680 g/mol. The summed E-state index contributed by atoms with van der Waals surface area (Å²) in [5.74, 6) is -0.335. The number of Topliss-reactive ketones (excluding diaryl/α,β-unsaturated/α-hetero) is 1. The summed E-state index contributed by atoms with van der Waals surface area (Å²) in [6, 6.07) is 8.42. The van der Waals surface area contributed by atoms with Crippen LogP contribution in [0.3, 0.4) is 0 Å². The van der Waals surface area contributed by atoms with Crippen molar-refractivity contribution in [2.24, 2.45) is 4.99 Å². The second-order valence-electron chi connectivity index (χ2n) is 10.8. The van der Waals surface area contributed by atoms with Crippen LogP contribution in [0, 0.1) is 0 Å². The zero-order valence-corrected chi connectivity index (χ0v) is 26.6. The lowest BCUT2D eigenvalue weighted by molar-refractivity contribution is -0.137. The molecule has 0 unspecified atom stereocenters. The van der Waals surface area contributed by atoms with Gasteiger partial charge in [0.25, 0.3) is 0 Å². The molecular weight excluding hydrogens is 648 g/mol. The van der Waals surface area contributed by atoms with E-state index in [4.69, 9.17) is 32.7 Å². The first-order chi connectivity index (χ1) is 20.5. The third-order valence-electron chi connectivity index (χ3n) is 5.93. The number of ketones is 1. The Kier molecular flexibility index (Phi) is 12.2. The topological polar surface area (TPSA) is 126 Å². The van der Waals surface area contributed by atoms with Crippen LogP contribution in [0.15, 0.2) is 46.3 Å². The van der Waals surface area contributed by atoms with Crippen molar-refractivity contribution >= 4 is 50.8 Å². The molecule has 44 heavy (non-hydrogen) atoms. The molecule has 0 aromatic heterocycles. The molecule has 0 saturated carbocycles. The lowest BCUT2D eigenvalue weighted by Gasteiger charge is -2.25. The summed E-state index contributed by atoms with van der Waals surface area (Å²) < 4.78 is 74.5. The predicted octanol–water partition coefficient (Wildman–Crippen LogP) is 4.71. The highest BCUT2D eigenvalue weighted by molar-refractivity contribution is 7.91. The number of aliphatic imine (C=N–C) groups is 1. The fourth-order valence-electron chi connectivity index (χ4n) is 3.99. The predicted molar refractivity (Wildman–Crippen MR) is 160 cm³/mol. The lowest BCUT2D eigenvalue weighted by atomic mass is 10.1. The minimum absolute atomic E-state index is 0.00139. The van der Waals surface area contributed by atoms with Gasteiger partial charge in [-0.05, 0) is 38.5 Å². The van der Waals surface area contributed by atoms with E-state index in [0.29, 0.717) is 37.6 Å². The van der Waals surface area contributed by atoms with Crippen molar-refractivity contribution < 1.29 is 40.7 Å². The molecule has 0 spiro atoms. The molecule has 0 radical (unpaired) electrons. The van der Waals surface area contributed by atoms with Crippen LogP contribution in [0.1, 0.15) is 37.5 Å². The summed E-state index contributed by atoms with van der Waals surface area (Å²) in [6.45, 7) is 6.61. The third kappa shape index (κ3) is 10.4. The first kappa shape index (κ1) is 35.7. The number of hydrogen-bond donors (Lipinski definition) is 2. The maximum Gasteiger partial charge on any atom is 0.416 e. The van der Waals surface area contributed by atoms with Gasteiger partial charge in [-0.1, -0.05) is 47.5 Å². The number of carbonyl (C=O) groups is 2. The van der Waals surface area contributed by atoms with Crippen molar-refractivity contribution in [3.63, 3.8) is 0 Å². The number of nitrogens with one attached hydrogen (secondary N) is 2. The number of amides is 1. The maximum atomic E-state index is 12.9. The number of hydrogen-bond acceptors (Lipinski definition) is 9. The van der Waals surface area contributed by atoms with Gasteiger partial charge in [-0.2, -0.15) is 13.2 Å². The Morgan fingerprint density at radius 1 is 1.05 bits per heavy atom. The molecule has 0 aliphatic carbocycles. The second-order valence-corrected chi connectivity index (χ2v) is 13.5. The first-order valence-electron chi connectivity index (χ1n) is 13.4. The molecule has 3 rings (SSSR count). The summed E-state index contributed by atoms with van der Waals surface area (Å²) in [6.07, 6.45) is -5.18. The summed E-state index contributed by atoms with van der Waals surface area (Å²) >= 11 is 11.6. The number of rotatable bonds is 13. The molecule has 1 amide bonds. The van der Waals surface area contributed by atoms with Gasteiger partial charge in [0.2, 0.25) is 0 Å². The van der Waals surface area contributed by atoms with Gasteiger partial charge in [-0.3, -0.25) is 14.7 Å². The Morgan fingerprint density at radius 3 is 2.27 bits per heavy atom. The molecule has 0 fully saturated rings. The van der Waals surface area contributed by atoms with E-state index >= 15 is 0 Å². The zero-order valence-electron chi connectivity index (χ0n) is 24.3. The molecule has 242 valence electrons. The standard InChI is InChI=1S/C28H33Cl2F3N4O6S/c1-27(2,3)43-26(39)37-10-8-36-25(37)19-6-4-18(5-7-19)14-35-15-21(38)16-42-11-9-34-17-44(40,41)24-22(29)12-20(13-23(24)30)28(31,32)33/h4-7,12-13,34-35H,8-11,14-17H2,1-3H3. The minimum Gasteiger partial charge on any atom is -0.443 e. The molecule has 1 heterocycles. The van der Waals surface area contributed by atoms with Crippen LogP contribution in [0.25, 0.3) is 0 Å². The molecule has 2 aromatic carbocycles. The van der Waals surface area contributed by atoms with Gasteiger partial charge < -0.3 is 20.1 Å². The highest BCUT2D eigenvalue weighted by Gasteiger charge is 2.34. The maximum absolute atomic E-state index is 12.9. The van der Waals surface area contributed by atoms with E-state index in [1.807, 2.05) is 24.3 Å². The second kappa shape index (κ2) is 15.0. The number of amidine groups is 1. The largest absolute Gasteiger partial charge is 0.443 e. The quantitative estimate of drug-likeness (QED) is 0.292. The van der Waals surface area contributed by atoms with Gasteiger partial charge in [-0.25, -0.2) is 13.2 Å². The lowest BCUT2D eigenvalue weighted by Crippen LogP contribution is -2.39. The van der Waals surface area contributed by atoms with Gasteiger partial charge in [0, 0.05) is 18.7 Å². The van der Waals surface area contributed by atoms with Crippen LogP contribution in [0.4, 0.5) is 18.0 Å². The Labute approximate surface area is 263 Å². The average molecular weight is 682 g/mol. The molecule has 0 saturated heterocycles. The van der Waals surface area contributed by atoms with Gasteiger partial charge in [0.15, 0.2) is 15.6 Å². The normalized spacial score (nSPS) is 14.1. The van der Waals surface area contributed by atoms with E-state index in [9.17, 15) is 31.2 Å². The Morgan fingerprint density at radius 2 is 1.68 bits per heavy atom. The van der Waals surface area contributed by atoms with Crippen molar-refractivity contribution in [3.05, 3.63) is 63.1 Å². The van der Waals surface area contributed by atoms with E-state index in [1.54, 1.807) is 20.8 Å². The van der Waals surface area contributed by atoms with E-state index < -0.39 is 54.1 Å². The van der Waals surface area contributed by atoms with Crippen LogP contribution in [-0.2, 0) is 36.8 Å². The van der Waals surface area contributed by atoms with Gasteiger partial charge in [0.1, 0.15) is 28.8 Å². The first-order valence-corrected chi connectivity index (χ1v) is 15.8. The molecule has 10 nitrogen and oxygen atoms in total. The minimum atomic E-state index is -4.73. The number of alkyl halides is 3. The molecular formula is C28H33Cl2F3N4O6S. The summed E-state index contributed by atoms with van der Waals surface area (Å²) in [5.41, 5.74) is -0.0984. The highest BCUT2D eigenvalue weighted by Crippen LogP contribution is 2.38. The smallest absolute Gasteiger partial charge is 0.416 e. The fourth-order valence-corrected chi connectivity index (χ4v) is 6.45. The summed E-state index contributed by atoms with van der Waals surface area (Å²) in [5, 5.41) is 4.34. The van der Waals surface area contributed by atoms with Crippen LogP contribution >= 0.6 is 23.2 Å². The van der Waals surface area contributed by atoms with Crippen LogP contribution in [0.2, 0.25) is 10.0 Å². The molecule has 0 atom stereocenters. The molecule has 1 aliphatic rings. The Hall–Kier alpha value is -2.75. The SMILES string of the molecule is CC(C)(C)OC(=O)N1CCN=C1c1ccc(CNCC(=O)COCCNCS(=O)(=O)c2c(Cl)cc(C(F)(F)F)cc2Cl)cc1. The van der Waals surface area contributed by atoms with Gasteiger partial charge >= 0.3 is 12.3 Å². The van der Waals surface area contributed by atoms with E-state index in [1.165, 1.54) is 4.90 Å². The highest BCUT2D eigenvalue weighted by atomic mass is 35.5. The molecule has 0 bridgehead atoms. The van der Waals surface area contributed by atoms with Crippen LogP contribution in [0.5, 0.6) is 0 Å². The fraction of sp³-hybridized carbons (Fsp3) is 0.464. The van der Waals surface area contributed by atoms with E-state index in [0.717, 1.165) is 11.1 Å². The van der Waals surface area contributed by atoms with Crippen molar-refractivity contribution in [1.29, 1.82) is 0 Å². The summed E-state index contributed by atoms with van der Waals surface area (Å²) in [4.78, 5) is 30.0. The van der Waals surface area contributed by atoms with Crippen molar-refractivity contribution in [2.75, 3.05) is 45.3 Å². The molecule has 2 N–H and O–H groups in total. The van der Waals surface area contributed by atoms with E-state index in [-0.39, 0.29) is 32.1 Å².